The van der Waals surface area contributed by atoms with Crippen molar-refractivity contribution >= 4 is 93.9 Å². The highest BCUT2D eigenvalue weighted by atomic mass is 16.3. The topological polar surface area (TPSA) is 83.7 Å². The first-order chi connectivity index (χ1) is 28.2. The molecule has 0 bridgehead atoms. The maximum Gasteiger partial charge on any atom is 0.145 e. The van der Waals surface area contributed by atoms with Gasteiger partial charge in [0.1, 0.15) is 34.1 Å². The summed E-state index contributed by atoms with van der Waals surface area (Å²) in [5, 5.41) is 28.5. The molecule has 6 nitrogen and oxygen atoms in total. The first-order valence-corrected chi connectivity index (χ1v) is 19.1. The van der Waals surface area contributed by atoms with Gasteiger partial charge in [0.25, 0.3) is 0 Å². The molecule has 12 rings (SSSR count). The third-order valence-corrected chi connectivity index (χ3v) is 11.8. The van der Waals surface area contributed by atoms with Crippen molar-refractivity contribution in [3.63, 3.8) is 0 Å². The maximum absolute atomic E-state index is 10.9. The second-order valence-corrected chi connectivity index (χ2v) is 14.7. The number of fused-ring (bicyclic) bond motifs is 14. The van der Waals surface area contributed by atoms with Gasteiger partial charge in [-0.1, -0.05) is 84.8 Å². The van der Waals surface area contributed by atoms with Crippen LogP contribution in [-0.4, -0.2) is 9.13 Å². The highest BCUT2D eigenvalue weighted by molar-refractivity contribution is 6.25. The van der Waals surface area contributed by atoms with Crippen LogP contribution in [0.25, 0.3) is 99.6 Å². The zero-order chi connectivity index (χ0) is 37.8. The lowest BCUT2D eigenvalue weighted by Crippen LogP contribution is -2.10. The molecule has 0 aliphatic heterocycles. The Morgan fingerprint density at radius 3 is 2.02 bits per heavy atom. The second kappa shape index (κ2) is 11.8. The summed E-state index contributed by atoms with van der Waals surface area (Å²) in [4.78, 5) is 0. The van der Waals surface area contributed by atoms with Crippen LogP contribution in [-0.2, 0) is 0 Å². The molecule has 0 amide bonds. The van der Waals surface area contributed by atoms with Gasteiger partial charge in [-0.2, -0.15) is 10.5 Å². The number of hydrogen-bond donors (Lipinski definition) is 0. The zero-order valence-electron chi connectivity index (χ0n) is 30.4. The number of benzene rings is 6. The summed E-state index contributed by atoms with van der Waals surface area (Å²) in [5.41, 5.74) is 12.8. The SMILES string of the molecule is N#CC1=CC(n2c3ccccc3c3c4oc5ccccc5c4ccc32)=C(c2cccc(C#N)c2-n2c3c(c4c5oc6ccccc6c5ccc42)C=CCC#C3)CC1. The highest BCUT2D eigenvalue weighted by Crippen LogP contribution is 2.47. The Morgan fingerprint density at radius 2 is 1.28 bits per heavy atom. The minimum absolute atomic E-state index is 0.528. The fourth-order valence-corrected chi connectivity index (χ4v) is 9.36. The fraction of sp³-hybridized carbons (Fsp3) is 0.0588. The van der Waals surface area contributed by atoms with E-state index in [1.54, 1.807) is 0 Å². The summed E-state index contributed by atoms with van der Waals surface area (Å²) in [5.74, 6) is 6.86. The van der Waals surface area contributed by atoms with Crippen LogP contribution >= 0.6 is 0 Å². The molecule has 0 saturated heterocycles. The third kappa shape index (κ3) is 4.29. The lowest BCUT2D eigenvalue weighted by atomic mass is 9.89. The van der Waals surface area contributed by atoms with Crippen LogP contribution in [0.2, 0.25) is 0 Å². The quantitative estimate of drug-likeness (QED) is 0.170. The second-order valence-electron chi connectivity index (χ2n) is 14.7. The Bertz CT molecular complexity index is 3700. The van der Waals surface area contributed by atoms with Crippen LogP contribution in [0.4, 0.5) is 0 Å². The van der Waals surface area contributed by atoms with Crippen molar-refractivity contribution in [3.8, 4) is 29.7 Å². The molecule has 0 saturated carbocycles. The van der Waals surface area contributed by atoms with Gasteiger partial charge in [-0.05, 0) is 78.9 Å². The van der Waals surface area contributed by atoms with Gasteiger partial charge in [0.05, 0.1) is 50.3 Å². The van der Waals surface area contributed by atoms with Crippen molar-refractivity contribution in [2.24, 2.45) is 0 Å². The molecule has 0 spiro atoms. The number of aromatic nitrogens is 2. The lowest BCUT2D eigenvalue weighted by molar-refractivity contribution is 0.672. The Balaban J connectivity index is 1.21. The molecule has 0 radical (unpaired) electrons. The Labute approximate surface area is 325 Å². The summed E-state index contributed by atoms with van der Waals surface area (Å²) in [6.45, 7) is 0. The highest BCUT2D eigenvalue weighted by Gasteiger charge is 2.29. The molecule has 0 fully saturated rings. The standard InChI is InChI=1S/C51H28N4O2/c52-28-30-21-22-32(44(27-30)54-40-18-7-4-15-38(40)47-42(54)25-23-36-33-12-5-8-19-45(33)56-50(36)47)35-16-10-11-31(29-53)49(35)55-41-17-3-1-2-14-39(41)48-43(55)26-24-37-34-13-6-9-20-46(34)57-51(37)48/h2,4-16,18-20,23-27H,1,21-22H2. The van der Waals surface area contributed by atoms with Crippen LogP contribution < -0.4 is 0 Å². The molecule has 2 aliphatic carbocycles. The van der Waals surface area contributed by atoms with Crippen molar-refractivity contribution < 1.29 is 8.83 Å². The molecule has 4 heterocycles. The predicted molar refractivity (Wildman–Crippen MR) is 229 cm³/mol. The monoisotopic (exact) mass is 728 g/mol. The van der Waals surface area contributed by atoms with Crippen LogP contribution in [0.5, 0.6) is 0 Å². The van der Waals surface area contributed by atoms with Crippen molar-refractivity contribution in [2.75, 3.05) is 0 Å². The summed E-state index contributed by atoms with van der Waals surface area (Å²) in [6.07, 6.45) is 8.04. The average molecular weight is 729 g/mol. The normalized spacial score (nSPS) is 14.0. The molecule has 57 heavy (non-hydrogen) atoms. The van der Waals surface area contributed by atoms with E-state index in [-0.39, 0.29) is 0 Å². The minimum atomic E-state index is 0.528. The molecule has 0 atom stereocenters. The number of para-hydroxylation sites is 4. The number of nitrogens with zero attached hydrogens (tertiary/aromatic N) is 4. The molecular formula is C51H28N4O2. The van der Waals surface area contributed by atoms with Gasteiger partial charge in [-0.15, -0.1) is 0 Å². The predicted octanol–water partition coefficient (Wildman–Crippen LogP) is 12.8. The van der Waals surface area contributed by atoms with E-state index in [1.165, 1.54) is 0 Å². The number of nitriles is 2. The van der Waals surface area contributed by atoms with Gasteiger partial charge in [-0.3, -0.25) is 4.57 Å². The van der Waals surface area contributed by atoms with Gasteiger partial charge in [0.15, 0.2) is 0 Å². The largest absolute Gasteiger partial charge is 0.455 e. The molecule has 264 valence electrons. The van der Waals surface area contributed by atoms with Crippen LogP contribution in [0, 0.1) is 34.5 Å². The van der Waals surface area contributed by atoms with Crippen LogP contribution in [0.15, 0.2) is 142 Å². The summed E-state index contributed by atoms with van der Waals surface area (Å²) >= 11 is 0. The smallest absolute Gasteiger partial charge is 0.145 e. The van der Waals surface area contributed by atoms with Gasteiger partial charge >= 0.3 is 0 Å². The molecule has 6 heteroatoms. The molecule has 0 N–H and O–H groups in total. The van der Waals surface area contributed by atoms with Gasteiger partial charge in [0.2, 0.25) is 0 Å². The lowest BCUT2D eigenvalue weighted by Gasteiger charge is -2.24. The summed E-state index contributed by atoms with van der Waals surface area (Å²) in [6, 6.07) is 44.2. The van der Waals surface area contributed by atoms with Gasteiger partial charge < -0.3 is 13.4 Å². The summed E-state index contributed by atoms with van der Waals surface area (Å²) < 4.78 is 17.7. The van der Waals surface area contributed by atoms with E-state index in [9.17, 15) is 10.5 Å². The van der Waals surface area contributed by atoms with Crippen molar-refractivity contribution in [3.05, 3.63) is 155 Å². The number of rotatable bonds is 3. The fourth-order valence-electron chi connectivity index (χ4n) is 9.36. The molecular weight excluding hydrogens is 701 g/mol. The van der Waals surface area contributed by atoms with E-state index in [0.717, 1.165) is 110 Å². The first kappa shape index (κ1) is 31.4. The molecule has 0 unspecified atom stereocenters. The van der Waals surface area contributed by atoms with Gasteiger partial charge in [-0.25, -0.2) is 0 Å². The molecule has 6 aromatic carbocycles. The first-order valence-electron chi connectivity index (χ1n) is 19.1. The van der Waals surface area contributed by atoms with E-state index in [4.69, 9.17) is 8.83 Å². The zero-order valence-corrected chi connectivity index (χ0v) is 30.4. The van der Waals surface area contributed by atoms with E-state index in [0.29, 0.717) is 30.4 Å². The van der Waals surface area contributed by atoms with E-state index in [2.05, 4.69) is 112 Å². The van der Waals surface area contributed by atoms with Crippen molar-refractivity contribution in [2.45, 2.75) is 19.3 Å². The Morgan fingerprint density at radius 1 is 0.596 bits per heavy atom. The minimum Gasteiger partial charge on any atom is -0.455 e. The molecule has 4 aromatic heterocycles. The van der Waals surface area contributed by atoms with Crippen LogP contribution in [0.3, 0.4) is 0 Å². The summed E-state index contributed by atoms with van der Waals surface area (Å²) in [7, 11) is 0. The van der Waals surface area contributed by atoms with E-state index in [1.807, 2.05) is 54.6 Å². The van der Waals surface area contributed by atoms with E-state index < -0.39 is 0 Å². The van der Waals surface area contributed by atoms with Crippen molar-refractivity contribution in [1.82, 2.24) is 9.13 Å². The number of hydrogen-bond acceptors (Lipinski definition) is 4. The number of furan rings is 2. The Hall–Kier alpha value is -7.98. The average Bonchev–Trinajstić information content (AvgIpc) is 3.96. The van der Waals surface area contributed by atoms with Crippen LogP contribution in [0.1, 0.15) is 41.6 Å². The maximum atomic E-state index is 10.9. The Kier molecular flexibility index (Phi) is 6.47. The molecule has 10 aromatic rings. The third-order valence-electron chi connectivity index (χ3n) is 11.8. The van der Waals surface area contributed by atoms with Crippen molar-refractivity contribution in [1.29, 1.82) is 10.5 Å². The number of allylic oxidation sites excluding steroid dienone is 5. The van der Waals surface area contributed by atoms with Gasteiger partial charge in [0, 0.05) is 50.1 Å². The van der Waals surface area contributed by atoms with E-state index >= 15 is 0 Å². The molecule has 2 aliphatic rings.